The van der Waals surface area contributed by atoms with Crippen molar-refractivity contribution in [1.82, 2.24) is 4.90 Å². The fourth-order valence-corrected chi connectivity index (χ4v) is 2.77. The number of hydrogen-bond donors (Lipinski definition) is 1. The van der Waals surface area contributed by atoms with Crippen LogP contribution in [0.3, 0.4) is 0 Å². The van der Waals surface area contributed by atoms with Crippen molar-refractivity contribution in [2.24, 2.45) is 0 Å². The molecule has 0 aliphatic carbocycles. The summed E-state index contributed by atoms with van der Waals surface area (Å²) in [5.74, 6) is -0.826. The molecule has 0 unspecified atom stereocenters. The highest BCUT2D eigenvalue weighted by Crippen LogP contribution is 2.32. The van der Waals surface area contributed by atoms with E-state index in [2.05, 4.69) is 0 Å². The molecule has 1 aromatic rings. The number of ether oxygens (including phenoxy) is 1. The molecule has 1 fully saturated rings. The molecule has 1 aliphatic heterocycles. The topological polar surface area (TPSA) is 66.8 Å². The van der Waals surface area contributed by atoms with Gasteiger partial charge in [-0.2, -0.15) is 0 Å². The standard InChI is InChI=1S/C17H23NO4/c1-17(2,3)22-16(21)18-10-9-13(11-14(18)15(19)20)12-7-5-4-6-8-12/h4-8,13-14H,9-11H2,1-3H3,(H,19,20)/t13-,14+/m1/s1. The summed E-state index contributed by atoms with van der Waals surface area (Å²) in [5, 5.41) is 9.47. The van der Waals surface area contributed by atoms with Crippen LogP contribution in [-0.4, -0.2) is 40.3 Å². The number of benzene rings is 1. The minimum Gasteiger partial charge on any atom is -0.480 e. The van der Waals surface area contributed by atoms with E-state index >= 15 is 0 Å². The van der Waals surface area contributed by atoms with Gasteiger partial charge in [0.1, 0.15) is 11.6 Å². The lowest BCUT2D eigenvalue weighted by molar-refractivity contribution is -0.144. The Labute approximate surface area is 130 Å². The summed E-state index contributed by atoms with van der Waals surface area (Å²) in [6.07, 6.45) is 0.609. The van der Waals surface area contributed by atoms with Crippen molar-refractivity contribution in [3.63, 3.8) is 0 Å². The Hall–Kier alpha value is -2.04. The first kappa shape index (κ1) is 16.3. The molecular formula is C17H23NO4. The van der Waals surface area contributed by atoms with Gasteiger partial charge in [0, 0.05) is 6.54 Å². The molecule has 0 spiro atoms. The minimum atomic E-state index is -0.980. The number of rotatable bonds is 2. The summed E-state index contributed by atoms with van der Waals surface area (Å²) >= 11 is 0. The largest absolute Gasteiger partial charge is 0.480 e. The zero-order valence-corrected chi connectivity index (χ0v) is 13.3. The molecule has 120 valence electrons. The molecule has 5 nitrogen and oxygen atoms in total. The number of carbonyl (C=O) groups is 2. The van der Waals surface area contributed by atoms with Crippen LogP contribution in [0.5, 0.6) is 0 Å². The van der Waals surface area contributed by atoms with Crippen molar-refractivity contribution in [2.75, 3.05) is 6.54 Å². The molecule has 0 aromatic heterocycles. The van der Waals surface area contributed by atoms with Crippen LogP contribution in [0, 0.1) is 0 Å². The average Bonchev–Trinajstić information content (AvgIpc) is 2.45. The zero-order valence-electron chi connectivity index (χ0n) is 13.3. The van der Waals surface area contributed by atoms with Crippen LogP contribution in [0.25, 0.3) is 0 Å². The highest BCUT2D eigenvalue weighted by Gasteiger charge is 2.38. The summed E-state index contributed by atoms with van der Waals surface area (Å²) in [6.45, 7) is 5.72. The Morgan fingerprint density at radius 2 is 1.86 bits per heavy atom. The van der Waals surface area contributed by atoms with E-state index < -0.39 is 23.7 Å². The highest BCUT2D eigenvalue weighted by molar-refractivity contribution is 5.80. The second-order valence-corrected chi connectivity index (χ2v) is 6.66. The molecule has 0 radical (unpaired) electrons. The van der Waals surface area contributed by atoms with Crippen molar-refractivity contribution < 1.29 is 19.4 Å². The van der Waals surface area contributed by atoms with E-state index in [1.165, 1.54) is 4.90 Å². The maximum Gasteiger partial charge on any atom is 0.411 e. The number of amides is 1. The molecule has 22 heavy (non-hydrogen) atoms. The van der Waals surface area contributed by atoms with Gasteiger partial charge in [0.2, 0.25) is 0 Å². The Morgan fingerprint density at radius 1 is 1.23 bits per heavy atom. The smallest absolute Gasteiger partial charge is 0.411 e. The Bertz CT molecular complexity index is 535. The number of carboxylic acids is 1. The average molecular weight is 305 g/mol. The molecule has 2 rings (SSSR count). The maximum absolute atomic E-state index is 12.2. The fraction of sp³-hybridized carbons (Fsp3) is 0.529. The predicted octanol–water partition coefficient (Wildman–Crippen LogP) is 3.25. The zero-order chi connectivity index (χ0) is 16.3. The second kappa shape index (κ2) is 6.38. The van der Waals surface area contributed by atoms with Gasteiger partial charge in [-0.05, 0) is 45.1 Å². The lowest BCUT2D eigenvalue weighted by Crippen LogP contribution is -2.51. The van der Waals surface area contributed by atoms with Crippen LogP contribution in [0.1, 0.15) is 45.1 Å². The predicted molar refractivity (Wildman–Crippen MR) is 82.8 cm³/mol. The lowest BCUT2D eigenvalue weighted by atomic mass is 9.85. The van der Waals surface area contributed by atoms with E-state index in [-0.39, 0.29) is 5.92 Å². The number of nitrogens with zero attached hydrogens (tertiary/aromatic N) is 1. The molecule has 0 saturated carbocycles. The van der Waals surface area contributed by atoms with E-state index in [4.69, 9.17) is 4.74 Å². The molecule has 1 saturated heterocycles. The molecule has 1 aromatic carbocycles. The summed E-state index contributed by atoms with van der Waals surface area (Å²) in [4.78, 5) is 25.1. The lowest BCUT2D eigenvalue weighted by Gasteiger charge is -2.38. The van der Waals surface area contributed by atoms with Crippen molar-refractivity contribution in [2.45, 2.75) is 51.2 Å². The Morgan fingerprint density at radius 3 is 2.41 bits per heavy atom. The first-order valence-corrected chi connectivity index (χ1v) is 7.55. The number of piperidine rings is 1. The second-order valence-electron chi connectivity index (χ2n) is 6.66. The third kappa shape index (κ3) is 4.00. The highest BCUT2D eigenvalue weighted by atomic mass is 16.6. The number of carbonyl (C=O) groups excluding carboxylic acids is 1. The van der Waals surface area contributed by atoms with E-state index in [1.807, 2.05) is 30.3 Å². The summed E-state index contributed by atoms with van der Waals surface area (Å²) in [5.41, 5.74) is 0.494. The number of carboxylic acid groups (broad SMARTS) is 1. The van der Waals surface area contributed by atoms with Gasteiger partial charge in [-0.1, -0.05) is 30.3 Å². The fourth-order valence-electron chi connectivity index (χ4n) is 2.77. The van der Waals surface area contributed by atoms with Gasteiger partial charge >= 0.3 is 12.1 Å². The normalized spacial score (nSPS) is 22.2. The first-order valence-electron chi connectivity index (χ1n) is 7.55. The molecule has 1 aliphatic rings. The van der Waals surface area contributed by atoms with E-state index in [9.17, 15) is 14.7 Å². The van der Waals surface area contributed by atoms with Gasteiger partial charge in [0.05, 0.1) is 0 Å². The van der Waals surface area contributed by atoms with Crippen molar-refractivity contribution in [1.29, 1.82) is 0 Å². The monoisotopic (exact) mass is 305 g/mol. The van der Waals surface area contributed by atoms with Crippen molar-refractivity contribution in [3.8, 4) is 0 Å². The van der Waals surface area contributed by atoms with Gasteiger partial charge in [0.15, 0.2) is 0 Å². The van der Waals surface area contributed by atoms with Crippen LogP contribution >= 0.6 is 0 Å². The van der Waals surface area contributed by atoms with Gasteiger partial charge in [0.25, 0.3) is 0 Å². The third-order valence-electron chi connectivity index (χ3n) is 3.79. The van der Waals surface area contributed by atoms with Gasteiger partial charge in [-0.3, -0.25) is 4.90 Å². The molecule has 2 atom stereocenters. The molecule has 1 amide bonds. The SMILES string of the molecule is CC(C)(C)OC(=O)N1CC[C@@H](c2ccccc2)C[C@H]1C(=O)O. The number of aliphatic carboxylic acids is 1. The molecule has 1 N–H and O–H groups in total. The van der Waals surface area contributed by atoms with Crippen LogP contribution in [0.2, 0.25) is 0 Å². The molecule has 1 heterocycles. The van der Waals surface area contributed by atoms with Crippen molar-refractivity contribution in [3.05, 3.63) is 35.9 Å². The third-order valence-corrected chi connectivity index (χ3v) is 3.79. The number of likely N-dealkylation sites (tertiary alicyclic amines) is 1. The minimum absolute atomic E-state index is 0.154. The summed E-state index contributed by atoms with van der Waals surface area (Å²) in [7, 11) is 0. The number of hydrogen-bond acceptors (Lipinski definition) is 3. The quantitative estimate of drug-likeness (QED) is 0.910. The van der Waals surface area contributed by atoms with Crippen LogP contribution in [0.4, 0.5) is 4.79 Å². The molecular weight excluding hydrogens is 282 g/mol. The maximum atomic E-state index is 12.2. The summed E-state index contributed by atoms with van der Waals surface area (Å²) < 4.78 is 5.32. The Kier molecular flexibility index (Phi) is 4.74. The molecule has 5 heteroatoms. The molecule has 0 bridgehead atoms. The van der Waals surface area contributed by atoms with Crippen LogP contribution in [-0.2, 0) is 9.53 Å². The van der Waals surface area contributed by atoms with Crippen molar-refractivity contribution >= 4 is 12.1 Å². The van der Waals surface area contributed by atoms with Gasteiger partial charge in [-0.25, -0.2) is 9.59 Å². The van der Waals surface area contributed by atoms with E-state index in [1.54, 1.807) is 20.8 Å². The van der Waals surface area contributed by atoms with Crippen LogP contribution in [0.15, 0.2) is 30.3 Å². The first-order chi connectivity index (χ1) is 10.3. The Balaban J connectivity index is 2.12. The van der Waals surface area contributed by atoms with Gasteiger partial charge in [-0.15, -0.1) is 0 Å². The van der Waals surface area contributed by atoms with E-state index in [0.717, 1.165) is 12.0 Å². The summed E-state index contributed by atoms with van der Waals surface area (Å²) in [6, 6.07) is 9.01. The van der Waals surface area contributed by atoms with Crippen LogP contribution < -0.4 is 0 Å². The van der Waals surface area contributed by atoms with Gasteiger partial charge < -0.3 is 9.84 Å². The van der Waals surface area contributed by atoms with E-state index in [0.29, 0.717) is 13.0 Å².